The number of rotatable bonds is 5. The van der Waals surface area contributed by atoms with Gasteiger partial charge in [0.05, 0.1) is 11.1 Å². The highest BCUT2D eigenvalue weighted by Crippen LogP contribution is 2.47. The van der Waals surface area contributed by atoms with E-state index >= 15 is 4.39 Å². The first kappa shape index (κ1) is 25.0. The second-order valence-electron chi connectivity index (χ2n) is 8.86. The van der Waals surface area contributed by atoms with Gasteiger partial charge in [-0.3, -0.25) is 9.78 Å². The Morgan fingerprint density at radius 1 is 1.05 bits per heavy atom. The Balaban J connectivity index is 1.84. The third kappa shape index (κ3) is 3.97. The Morgan fingerprint density at radius 3 is 2.58 bits per heavy atom. The molecule has 0 spiro atoms. The number of fused-ring (bicyclic) bond motifs is 1. The van der Waals surface area contributed by atoms with Crippen LogP contribution >= 0.6 is 0 Å². The molecule has 3 heterocycles. The molecule has 0 fully saturated rings. The predicted octanol–water partition coefficient (Wildman–Crippen LogP) is 5.39. The zero-order valence-corrected chi connectivity index (χ0v) is 20.7. The molecule has 1 atom stereocenters. The fourth-order valence-corrected chi connectivity index (χ4v) is 4.97. The summed E-state index contributed by atoms with van der Waals surface area (Å²) in [4.78, 5) is 21.7. The lowest BCUT2D eigenvalue weighted by molar-refractivity contribution is 0.148. The lowest BCUT2D eigenvalue weighted by Gasteiger charge is -2.30. The minimum atomic E-state index is -3.01. The van der Waals surface area contributed by atoms with E-state index in [2.05, 4.69) is 16.8 Å². The van der Waals surface area contributed by atoms with Crippen LogP contribution in [0.15, 0.2) is 83.0 Å². The molecule has 0 saturated carbocycles. The van der Waals surface area contributed by atoms with Crippen molar-refractivity contribution in [1.82, 2.24) is 9.55 Å². The molecule has 0 bridgehead atoms. The molecule has 5 rings (SSSR count). The largest absolute Gasteiger partial charge is 0.383 e. The molecule has 2 aromatic carbocycles. The molecule has 0 radical (unpaired) electrons. The summed E-state index contributed by atoms with van der Waals surface area (Å²) in [5, 5.41) is 0. The van der Waals surface area contributed by atoms with Gasteiger partial charge in [-0.25, -0.2) is 18.2 Å². The van der Waals surface area contributed by atoms with Gasteiger partial charge in [0.1, 0.15) is 17.2 Å². The van der Waals surface area contributed by atoms with Crippen molar-refractivity contribution < 1.29 is 13.2 Å². The fraction of sp³-hybridized carbons (Fsp3) is 0.167. The molecule has 0 amide bonds. The van der Waals surface area contributed by atoms with Gasteiger partial charge in [-0.15, -0.1) is 5.92 Å². The van der Waals surface area contributed by atoms with Crippen LogP contribution in [0.5, 0.6) is 0 Å². The Kier molecular flexibility index (Phi) is 6.37. The highest BCUT2D eigenvalue weighted by atomic mass is 19.3. The number of alkyl halides is 2. The SMILES string of the molecule is CC#Cc1cncc(-c2cccc([C@@]3(c4cc(C(F)F)c(=O)n(CC)c4)N=C(N)c4c(F)cccc43)c2)c1. The number of aromatic nitrogens is 2. The third-order valence-corrected chi connectivity index (χ3v) is 6.68. The minimum absolute atomic E-state index is 0.0572. The number of halogens is 3. The van der Waals surface area contributed by atoms with Crippen LogP contribution in [0.25, 0.3) is 11.1 Å². The molecule has 0 saturated heterocycles. The van der Waals surface area contributed by atoms with Crippen LogP contribution in [0, 0.1) is 17.7 Å². The van der Waals surface area contributed by atoms with Crippen molar-refractivity contribution in [2.24, 2.45) is 10.7 Å². The van der Waals surface area contributed by atoms with E-state index in [4.69, 9.17) is 10.7 Å². The average Bonchev–Trinajstić information content (AvgIpc) is 3.23. The van der Waals surface area contributed by atoms with Gasteiger partial charge < -0.3 is 10.3 Å². The molecule has 190 valence electrons. The molecule has 5 nitrogen and oxygen atoms in total. The van der Waals surface area contributed by atoms with Gasteiger partial charge in [0.2, 0.25) is 0 Å². The number of hydrogen-bond donors (Lipinski definition) is 1. The fourth-order valence-electron chi connectivity index (χ4n) is 4.97. The Morgan fingerprint density at radius 2 is 1.84 bits per heavy atom. The summed E-state index contributed by atoms with van der Waals surface area (Å²) >= 11 is 0. The number of nitrogens with two attached hydrogens (primary N) is 1. The van der Waals surface area contributed by atoms with Crippen molar-refractivity contribution in [3.63, 3.8) is 0 Å². The minimum Gasteiger partial charge on any atom is -0.383 e. The molecule has 1 aliphatic rings. The standard InChI is InChI=1S/C30H23F3N4O/c1-3-7-18-12-20(16-35-15-18)19-8-5-9-21(13-19)30(24-10-6-11-25(31)26(24)28(34)36-30)22-14-23(27(32)33)29(38)37(4-2)17-22/h5-6,8-17,27H,4H2,1-2H3,(H2,34,36)/t30-/m0/s1. The first-order valence-electron chi connectivity index (χ1n) is 12.0. The molecule has 38 heavy (non-hydrogen) atoms. The number of aliphatic imine (C=N–C) groups is 1. The highest BCUT2D eigenvalue weighted by Gasteiger charge is 2.45. The molecular formula is C30H23F3N4O. The lowest BCUT2D eigenvalue weighted by Crippen LogP contribution is -2.31. The van der Waals surface area contributed by atoms with E-state index in [1.807, 2.05) is 18.2 Å². The molecule has 8 heteroatoms. The van der Waals surface area contributed by atoms with Gasteiger partial charge in [0.25, 0.3) is 12.0 Å². The second-order valence-corrected chi connectivity index (χ2v) is 8.86. The first-order valence-corrected chi connectivity index (χ1v) is 12.0. The number of aryl methyl sites for hydroxylation is 1. The van der Waals surface area contributed by atoms with E-state index in [0.717, 1.165) is 22.8 Å². The van der Waals surface area contributed by atoms with Crippen molar-refractivity contribution in [3.05, 3.63) is 123 Å². The third-order valence-electron chi connectivity index (χ3n) is 6.68. The van der Waals surface area contributed by atoms with Crippen molar-refractivity contribution in [3.8, 4) is 23.0 Å². The van der Waals surface area contributed by atoms with E-state index in [1.165, 1.54) is 22.9 Å². The number of nitrogens with zero attached hydrogens (tertiary/aromatic N) is 3. The zero-order valence-electron chi connectivity index (χ0n) is 20.7. The predicted molar refractivity (Wildman–Crippen MR) is 141 cm³/mol. The zero-order chi connectivity index (χ0) is 27.0. The molecule has 2 aromatic heterocycles. The quantitative estimate of drug-likeness (QED) is 0.365. The van der Waals surface area contributed by atoms with Crippen molar-refractivity contribution in [2.75, 3.05) is 0 Å². The van der Waals surface area contributed by atoms with Gasteiger partial charge >= 0.3 is 0 Å². The average molecular weight is 513 g/mol. The van der Waals surface area contributed by atoms with E-state index in [1.54, 1.807) is 44.4 Å². The van der Waals surface area contributed by atoms with Crippen LogP contribution in [0.2, 0.25) is 0 Å². The summed E-state index contributed by atoms with van der Waals surface area (Å²) in [6, 6.07) is 14.8. The van der Waals surface area contributed by atoms with E-state index in [-0.39, 0.29) is 23.5 Å². The van der Waals surface area contributed by atoms with Gasteiger partial charge in [-0.1, -0.05) is 36.3 Å². The van der Waals surface area contributed by atoms with Gasteiger partial charge in [0, 0.05) is 47.4 Å². The van der Waals surface area contributed by atoms with Crippen LogP contribution in [0.1, 0.15) is 53.7 Å². The molecule has 2 N–H and O–H groups in total. The maximum atomic E-state index is 15.0. The topological polar surface area (TPSA) is 73.3 Å². The summed E-state index contributed by atoms with van der Waals surface area (Å²) in [5.41, 5.74) is 6.98. The molecule has 4 aromatic rings. The monoisotopic (exact) mass is 512 g/mol. The summed E-state index contributed by atoms with van der Waals surface area (Å²) in [5.74, 6) is 5.20. The van der Waals surface area contributed by atoms with Crippen LogP contribution in [-0.4, -0.2) is 15.4 Å². The van der Waals surface area contributed by atoms with Crippen molar-refractivity contribution >= 4 is 5.84 Å². The van der Waals surface area contributed by atoms with Gasteiger partial charge in [0.15, 0.2) is 0 Å². The number of hydrogen-bond acceptors (Lipinski definition) is 4. The molecular weight excluding hydrogens is 489 g/mol. The van der Waals surface area contributed by atoms with Gasteiger partial charge in [-0.05, 0) is 49.2 Å². The summed E-state index contributed by atoms with van der Waals surface area (Å²) < 4.78 is 44.3. The van der Waals surface area contributed by atoms with Crippen molar-refractivity contribution in [1.29, 1.82) is 0 Å². The van der Waals surface area contributed by atoms with Crippen LogP contribution in [0.3, 0.4) is 0 Å². The van der Waals surface area contributed by atoms with E-state index < -0.39 is 28.9 Å². The van der Waals surface area contributed by atoms with Gasteiger partial charge in [-0.2, -0.15) is 0 Å². The Labute approximate surface area is 217 Å². The maximum Gasteiger partial charge on any atom is 0.269 e. The van der Waals surface area contributed by atoms with Crippen LogP contribution < -0.4 is 11.3 Å². The molecule has 0 aliphatic carbocycles. The van der Waals surface area contributed by atoms with Crippen LogP contribution in [0.4, 0.5) is 13.2 Å². The lowest BCUT2D eigenvalue weighted by atomic mass is 9.77. The van der Waals surface area contributed by atoms with Crippen LogP contribution in [-0.2, 0) is 12.1 Å². The smallest absolute Gasteiger partial charge is 0.269 e. The Bertz CT molecular complexity index is 1710. The first-order chi connectivity index (χ1) is 18.3. The normalized spacial score (nSPS) is 16.1. The second kappa shape index (κ2) is 9.67. The maximum absolute atomic E-state index is 15.0. The van der Waals surface area contributed by atoms with E-state index in [9.17, 15) is 13.6 Å². The highest BCUT2D eigenvalue weighted by molar-refractivity contribution is 6.03. The molecule has 1 aliphatic heterocycles. The molecule has 0 unspecified atom stereocenters. The Hall–Kier alpha value is -4.64. The summed E-state index contributed by atoms with van der Waals surface area (Å²) in [6.45, 7) is 3.58. The van der Waals surface area contributed by atoms with Crippen molar-refractivity contribution in [2.45, 2.75) is 32.4 Å². The number of amidine groups is 1. The summed E-state index contributed by atoms with van der Waals surface area (Å²) in [6.07, 6.45) is 1.84. The number of pyridine rings is 2. The number of benzene rings is 2. The summed E-state index contributed by atoms with van der Waals surface area (Å²) in [7, 11) is 0. The van der Waals surface area contributed by atoms with E-state index in [0.29, 0.717) is 11.1 Å².